The number of benzene rings is 2. The second-order valence-electron chi connectivity index (χ2n) is 5.16. The van der Waals surface area contributed by atoms with Crippen molar-refractivity contribution in [3.05, 3.63) is 52.8 Å². The summed E-state index contributed by atoms with van der Waals surface area (Å²) in [6.07, 6.45) is 3.18. The second kappa shape index (κ2) is 5.90. The van der Waals surface area contributed by atoms with Gasteiger partial charge in [0.2, 0.25) is 5.95 Å². The molecule has 0 unspecified atom stereocenters. The quantitative estimate of drug-likeness (QED) is 0.700. The molecule has 0 fully saturated rings. The van der Waals surface area contributed by atoms with Crippen molar-refractivity contribution in [3.8, 4) is 0 Å². The van der Waals surface area contributed by atoms with Crippen molar-refractivity contribution in [1.82, 2.24) is 9.55 Å². The number of aromatic nitrogens is 2. The second-order valence-corrected chi connectivity index (χ2v) is 6.02. The van der Waals surface area contributed by atoms with Crippen LogP contribution in [0.15, 0.2) is 47.1 Å². The number of halogens is 1. The van der Waals surface area contributed by atoms with E-state index < -0.39 is 0 Å². The smallest absolute Gasteiger partial charge is 0.207 e. The Morgan fingerprint density at radius 2 is 1.90 bits per heavy atom. The van der Waals surface area contributed by atoms with Crippen LogP contribution in [0.2, 0.25) is 0 Å². The van der Waals surface area contributed by atoms with Crippen molar-refractivity contribution in [2.45, 2.75) is 26.8 Å². The van der Waals surface area contributed by atoms with E-state index in [1.165, 1.54) is 10.8 Å². The van der Waals surface area contributed by atoms with E-state index in [0.717, 1.165) is 34.8 Å². The Hall–Kier alpha value is -1.81. The van der Waals surface area contributed by atoms with Crippen LogP contribution in [0.1, 0.15) is 19.0 Å². The van der Waals surface area contributed by atoms with Gasteiger partial charge in [0.25, 0.3) is 0 Å². The fourth-order valence-corrected chi connectivity index (χ4v) is 3.03. The van der Waals surface area contributed by atoms with Crippen molar-refractivity contribution in [3.63, 3.8) is 0 Å². The Morgan fingerprint density at radius 1 is 1.14 bits per heavy atom. The summed E-state index contributed by atoms with van der Waals surface area (Å²) in [5, 5.41) is 5.87. The van der Waals surface area contributed by atoms with Gasteiger partial charge in [-0.1, -0.05) is 47.1 Å². The van der Waals surface area contributed by atoms with Crippen molar-refractivity contribution >= 4 is 38.3 Å². The number of aryl methyl sites for hydroxylation is 2. The fourth-order valence-electron chi connectivity index (χ4n) is 2.55. The molecule has 0 bridgehead atoms. The number of rotatable bonds is 4. The van der Waals surface area contributed by atoms with Crippen LogP contribution in [0, 0.1) is 6.92 Å². The minimum atomic E-state index is 0.904. The number of imidazole rings is 1. The first-order valence-corrected chi connectivity index (χ1v) is 7.96. The fraction of sp³-hybridized carbons (Fsp3) is 0.235. The third-order valence-corrected chi connectivity index (χ3v) is 4.17. The standard InChI is InChI=1S/C17H18BrN3/c1-3-10-21-11-12(2)19-17(21)20-16-9-8-15(18)13-6-4-5-7-14(13)16/h4-9,11H,3,10H2,1-2H3,(H,19,20). The van der Waals surface area contributed by atoms with E-state index in [9.17, 15) is 0 Å². The van der Waals surface area contributed by atoms with Gasteiger partial charge >= 0.3 is 0 Å². The molecule has 0 saturated heterocycles. The highest BCUT2D eigenvalue weighted by Gasteiger charge is 2.08. The van der Waals surface area contributed by atoms with Crippen LogP contribution in [0.25, 0.3) is 10.8 Å². The summed E-state index contributed by atoms with van der Waals surface area (Å²) < 4.78 is 3.28. The molecule has 1 N–H and O–H groups in total. The van der Waals surface area contributed by atoms with Gasteiger partial charge in [-0.25, -0.2) is 4.98 Å². The van der Waals surface area contributed by atoms with Crippen LogP contribution in [0.5, 0.6) is 0 Å². The Morgan fingerprint density at radius 3 is 2.67 bits per heavy atom. The lowest BCUT2D eigenvalue weighted by Gasteiger charge is -2.12. The first kappa shape index (κ1) is 14.1. The highest BCUT2D eigenvalue weighted by atomic mass is 79.9. The van der Waals surface area contributed by atoms with Crippen LogP contribution in [0.4, 0.5) is 11.6 Å². The molecule has 0 radical (unpaired) electrons. The van der Waals surface area contributed by atoms with Gasteiger partial charge in [-0.05, 0) is 30.9 Å². The maximum absolute atomic E-state index is 4.59. The molecule has 3 rings (SSSR count). The van der Waals surface area contributed by atoms with E-state index in [-0.39, 0.29) is 0 Å². The Labute approximate surface area is 133 Å². The summed E-state index contributed by atoms with van der Waals surface area (Å²) in [6.45, 7) is 5.17. The van der Waals surface area contributed by atoms with Gasteiger partial charge < -0.3 is 9.88 Å². The molecule has 0 aliphatic rings. The molecule has 3 aromatic rings. The van der Waals surface area contributed by atoms with Gasteiger partial charge in [0.15, 0.2) is 0 Å². The zero-order chi connectivity index (χ0) is 14.8. The zero-order valence-corrected chi connectivity index (χ0v) is 13.8. The first-order valence-electron chi connectivity index (χ1n) is 7.17. The summed E-state index contributed by atoms with van der Waals surface area (Å²) in [5.41, 5.74) is 2.11. The summed E-state index contributed by atoms with van der Waals surface area (Å²) in [7, 11) is 0. The van der Waals surface area contributed by atoms with Gasteiger partial charge in [0.05, 0.1) is 5.69 Å². The van der Waals surface area contributed by atoms with E-state index in [2.05, 4.69) is 80.3 Å². The molecule has 108 valence electrons. The highest BCUT2D eigenvalue weighted by molar-refractivity contribution is 9.10. The number of nitrogens with zero attached hydrogens (tertiary/aromatic N) is 2. The predicted octanol–water partition coefficient (Wildman–Crippen LogP) is 5.26. The van der Waals surface area contributed by atoms with Gasteiger partial charge in [0.1, 0.15) is 0 Å². The number of hydrogen-bond acceptors (Lipinski definition) is 2. The van der Waals surface area contributed by atoms with E-state index in [0.29, 0.717) is 0 Å². The zero-order valence-electron chi connectivity index (χ0n) is 12.2. The molecular weight excluding hydrogens is 326 g/mol. The van der Waals surface area contributed by atoms with Crippen molar-refractivity contribution in [1.29, 1.82) is 0 Å². The number of anilines is 2. The van der Waals surface area contributed by atoms with Crippen LogP contribution in [0.3, 0.4) is 0 Å². The molecule has 0 aliphatic heterocycles. The number of hydrogen-bond donors (Lipinski definition) is 1. The normalized spacial score (nSPS) is 11.0. The summed E-state index contributed by atoms with van der Waals surface area (Å²) in [6, 6.07) is 12.5. The minimum absolute atomic E-state index is 0.904. The van der Waals surface area contributed by atoms with Crippen LogP contribution >= 0.6 is 15.9 Å². The maximum Gasteiger partial charge on any atom is 0.207 e. The average molecular weight is 344 g/mol. The lowest BCUT2D eigenvalue weighted by Crippen LogP contribution is -2.03. The monoisotopic (exact) mass is 343 g/mol. The molecule has 4 heteroatoms. The molecule has 0 aliphatic carbocycles. The van der Waals surface area contributed by atoms with Crippen LogP contribution in [-0.2, 0) is 6.54 Å². The molecule has 0 atom stereocenters. The Balaban J connectivity index is 2.04. The Bertz CT molecular complexity index is 777. The third-order valence-electron chi connectivity index (χ3n) is 3.48. The lowest BCUT2D eigenvalue weighted by atomic mass is 10.1. The lowest BCUT2D eigenvalue weighted by molar-refractivity contribution is 0.686. The van der Waals surface area contributed by atoms with E-state index >= 15 is 0 Å². The van der Waals surface area contributed by atoms with E-state index in [1.54, 1.807) is 0 Å². The third kappa shape index (κ3) is 2.81. The molecule has 1 heterocycles. The van der Waals surface area contributed by atoms with Crippen molar-refractivity contribution in [2.75, 3.05) is 5.32 Å². The molecule has 2 aromatic carbocycles. The summed E-state index contributed by atoms with van der Waals surface area (Å²) in [5.74, 6) is 0.904. The largest absolute Gasteiger partial charge is 0.325 e. The van der Waals surface area contributed by atoms with Gasteiger partial charge in [-0.15, -0.1) is 0 Å². The molecular formula is C17H18BrN3. The first-order chi connectivity index (χ1) is 10.2. The van der Waals surface area contributed by atoms with Crippen molar-refractivity contribution in [2.24, 2.45) is 0 Å². The van der Waals surface area contributed by atoms with Gasteiger partial charge in [0, 0.05) is 28.3 Å². The number of fused-ring (bicyclic) bond motifs is 1. The predicted molar refractivity (Wildman–Crippen MR) is 92.2 cm³/mol. The molecule has 0 spiro atoms. The summed E-state index contributed by atoms with van der Waals surface area (Å²) >= 11 is 3.61. The Kier molecular flexibility index (Phi) is 3.97. The van der Waals surface area contributed by atoms with E-state index in [1.807, 2.05) is 6.92 Å². The molecule has 21 heavy (non-hydrogen) atoms. The van der Waals surface area contributed by atoms with Crippen LogP contribution < -0.4 is 5.32 Å². The summed E-state index contributed by atoms with van der Waals surface area (Å²) in [4.78, 5) is 4.59. The van der Waals surface area contributed by atoms with Crippen molar-refractivity contribution < 1.29 is 0 Å². The topological polar surface area (TPSA) is 29.9 Å². The molecule has 1 aromatic heterocycles. The average Bonchev–Trinajstić information content (AvgIpc) is 2.82. The minimum Gasteiger partial charge on any atom is -0.325 e. The molecule has 0 amide bonds. The highest BCUT2D eigenvalue weighted by Crippen LogP contribution is 2.31. The SMILES string of the molecule is CCCn1cc(C)nc1Nc1ccc(Br)c2ccccc12. The number of nitrogens with one attached hydrogen (secondary N) is 1. The van der Waals surface area contributed by atoms with Crippen LogP contribution in [-0.4, -0.2) is 9.55 Å². The van der Waals surface area contributed by atoms with Gasteiger partial charge in [-0.3, -0.25) is 0 Å². The van der Waals surface area contributed by atoms with Gasteiger partial charge in [-0.2, -0.15) is 0 Å². The molecule has 3 nitrogen and oxygen atoms in total. The maximum atomic E-state index is 4.59. The molecule has 0 saturated carbocycles. The van der Waals surface area contributed by atoms with E-state index in [4.69, 9.17) is 0 Å².